The van der Waals surface area contributed by atoms with Crippen molar-refractivity contribution in [2.45, 2.75) is 24.0 Å². The lowest BCUT2D eigenvalue weighted by Gasteiger charge is -2.21. The van der Waals surface area contributed by atoms with Crippen LogP contribution in [0.5, 0.6) is 0 Å². The average molecular weight is 367 g/mol. The molecule has 8 heteroatoms. The molecule has 0 N–H and O–H groups in total. The Morgan fingerprint density at radius 2 is 2.00 bits per heavy atom. The molecule has 26 heavy (non-hydrogen) atoms. The lowest BCUT2D eigenvalue weighted by Crippen LogP contribution is -2.31. The van der Waals surface area contributed by atoms with Crippen LogP contribution in [0.4, 0.5) is 0 Å². The van der Waals surface area contributed by atoms with Crippen LogP contribution in [0.25, 0.3) is 11.4 Å². The van der Waals surface area contributed by atoms with Gasteiger partial charge in [-0.15, -0.1) is 0 Å². The molecule has 0 spiro atoms. The predicted molar refractivity (Wildman–Crippen MR) is 96.6 cm³/mol. The Kier molecular flexibility index (Phi) is 4.66. The molecule has 3 aromatic rings. The summed E-state index contributed by atoms with van der Waals surface area (Å²) in [7, 11) is 0. The molecule has 0 radical (unpaired) electrons. The van der Waals surface area contributed by atoms with E-state index in [-0.39, 0.29) is 11.9 Å². The van der Waals surface area contributed by atoms with E-state index in [2.05, 4.69) is 20.1 Å². The van der Waals surface area contributed by atoms with Crippen LogP contribution in [0, 0.1) is 0 Å². The second kappa shape index (κ2) is 7.25. The zero-order valence-electron chi connectivity index (χ0n) is 14.2. The summed E-state index contributed by atoms with van der Waals surface area (Å²) in [5, 5.41) is 4.71. The van der Waals surface area contributed by atoms with Crippen LogP contribution in [0.3, 0.4) is 0 Å². The lowest BCUT2D eigenvalue weighted by molar-refractivity contribution is 0.0709. The van der Waals surface area contributed by atoms with E-state index in [9.17, 15) is 4.79 Å². The first-order valence-electron chi connectivity index (χ1n) is 8.32. The van der Waals surface area contributed by atoms with E-state index in [1.807, 2.05) is 36.6 Å². The van der Waals surface area contributed by atoms with E-state index >= 15 is 0 Å². The highest BCUT2D eigenvalue weighted by Crippen LogP contribution is 2.33. The molecule has 7 nitrogen and oxygen atoms in total. The van der Waals surface area contributed by atoms with E-state index < -0.39 is 0 Å². The first-order chi connectivity index (χ1) is 12.8. The number of hydrogen-bond donors (Lipinski definition) is 0. The van der Waals surface area contributed by atoms with Crippen LogP contribution in [-0.2, 0) is 0 Å². The van der Waals surface area contributed by atoms with Crippen molar-refractivity contribution in [3.63, 3.8) is 0 Å². The molecule has 1 aromatic carbocycles. The van der Waals surface area contributed by atoms with Crippen molar-refractivity contribution in [2.24, 2.45) is 0 Å². The van der Waals surface area contributed by atoms with E-state index in [1.54, 1.807) is 17.3 Å². The Balaban J connectivity index is 1.56. The number of carbonyl (C=O) groups is 1. The molecule has 1 fully saturated rings. The fraction of sp³-hybridized carbons (Fsp3) is 0.278. The van der Waals surface area contributed by atoms with Gasteiger partial charge in [-0.25, -0.2) is 9.97 Å². The zero-order valence-corrected chi connectivity index (χ0v) is 15.0. The Morgan fingerprint density at radius 3 is 2.73 bits per heavy atom. The molecular weight excluding hydrogens is 350 g/mol. The van der Waals surface area contributed by atoms with E-state index in [4.69, 9.17) is 4.52 Å². The number of carbonyl (C=O) groups excluding carboxylic acids is 1. The molecule has 2 aromatic heterocycles. The normalized spacial score (nSPS) is 16.8. The molecule has 1 aliphatic heterocycles. The molecule has 4 rings (SSSR count). The molecule has 0 unspecified atom stereocenters. The molecule has 132 valence electrons. The largest absolute Gasteiger partial charge is 0.337 e. The number of thioether (sulfide) groups is 1. The Labute approximate surface area is 154 Å². The molecule has 1 atom stereocenters. The summed E-state index contributed by atoms with van der Waals surface area (Å²) < 4.78 is 5.47. The Bertz CT molecular complexity index is 897. The third-order valence-corrected chi connectivity index (χ3v) is 4.91. The van der Waals surface area contributed by atoms with Gasteiger partial charge in [0.1, 0.15) is 6.04 Å². The molecule has 0 saturated carbocycles. The van der Waals surface area contributed by atoms with E-state index in [0.717, 1.165) is 18.4 Å². The minimum absolute atomic E-state index is 0.111. The summed E-state index contributed by atoms with van der Waals surface area (Å²) in [4.78, 5) is 27.5. The third kappa shape index (κ3) is 3.20. The van der Waals surface area contributed by atoms with Crippen LogP contribution < -0.4 is 0 Å². The van der Waals surface area contributed by atoms with Crippen molar-refractivity contribution < 1.29 is 9.32 Å². The van der Waals surface area contributed by atoms with Crippen LogP contribution in [0.2, 0.25) is 0 Å². The van der Waals surface area contributed by atoms with Crippen LogP contribution in [-0.4, -0.2) is 43.7 Å². The van der Waals surface area contributed by atoms with Gasteiger partial charge in [0.15, 0.2) is 5.16 Å². The molecule has 1 saturated heterocycles. The number of nitrogens with zero attached hydrogens (tertiary/aromatic N) is 5. The molecular formula is C18H17N5O2S. The topological polar surface area (TPSA) is 85.0 Å². The van der Waals surface area contributed by atoms with Gasteiger partial charge in [0.25, 0.3) is 5.91 Å². The number of benzene rings is 1. The highest BCUT2D eigenvalue weighted by molar-refractivity contribution is 7.98. The Hall–Kier alpha value is -2.74. The van der Waals surface area contributed by atoms with Crippen LogP contribution >= 0.6 is 11.8 Å². The van der Waals surface area contributed by atoms with Gasteiger partial charge < -0.3 is 9.42 Å². The number of amides is 1. The van der Waals surface area contributed by atoms with Crippen molar-refractivity contribution in [1.82, 2.24) is 25.0 Å². The third-order valence-electron chi connectivity index (χ3n) is 4.33. The number of hydrogen-bond acceptors (Lipinski definition) is 7. The lowest BCUT2D eigenvalue weighted by atomic mass is 10.2. The SMILES string of the molecule is CSc1ncc(C(=O)N2CCC[C@H]2c2nc(-c3ccccc3)no2)cn1. The Morgan fingerprint density at radius 1 is 1.23 bits per heavy atom. The van der Waals surface area contributed by atoms with Crippen molar-refractivity contribution in [3.05, 3.63) is 54.2 Å². The minimum atomic E-state index is -0.215. The molecule has 0 bridgehead atoms. The van der Waals surface area contributed by atoms with Gasteiger partial charge >= 0.3 is 0 Å². The van der Waals surface area contributed by atoms with Crippen LogP contribution in [0.1, 0.15) is 35.1 Å². The zero-order chi connectivity index (χ0) is 17.9. The van der Waals surface area contributed by atoms with Crippen molar-refractivity contribution >= 4 is 17.7 Å². The van der Waals surface area contributed by atoms with Crippen molar-refractivity contribution in [3.8, 4) is 11.4 Å². The fourth-order valence-corrected chi connectivity index (χ4v) is 3.36. The van der Waals surface area contributed by atoms with E-state index in [1.165, 1.54) is 11.8 Å². The molecule has 0 aliphatic carbocycles. The number of aromatic nitrogens is 4. The molecule has 1 aliphatic rings. The van der Waals surface area contributed by atoms with Gasteiger partial charge in [-0.3, -0.25) is 4.79 Å². The highest BCUT2D eigenvalue weighted by Gasteiger charge is 2.34. The maximum absolute atomic E-state index is 12.9. The first kappa shape index (κ1) is 16.7. The highest BCUT2D eigenvalue weighted by atomic mass is 32.2. The second-order valence-corrected chi connectivity index (χ2v) is 6.71. The average Bonchev–Trinajstić information content (AvgIpc) is 3.37. The van der Waals surface area contributed by atoms with Crippen LogP contribution in [0.15, 0.2) is 52.4 Å². The van der Waals surface area contributed by atoms with Crippen molar-refractivity contribution in [1.29, 1.82) is 0 Å². The summed E-state index contributed by atoms with van der Waals surface area (Å²) in [6.45, 7) is 0.650. The molecule has 3 heterocycles. The monoisotopic (exact) mass is 367 g/mol. The minimum Gasteiger partial charge on any atom is -0.337 e. The summed E-state index contributed by atoms with van der Waals surface area (Å²) in [6.07, 6.45) is 6.72. The number of likely N-dealkylation sites (tertiary alicyclic amines) is 1. The summed E-state index contributed by atoms with van der Waals surface area (Å²) in [5.74, 6) is 0.892. The van der Waals surface area contributed by atoms with Gasteiger partial charge in [-0.05, 0) is 19.1 Å². The van der Waals surface area contributed by atoms with Gasteiger partial charge in [0, 0.05) is 24.5 Å². The standard InChI is InChI=1S/C18H17N5O2S/c1-26-18-19-10-13(11-20-18)17(24)23-9-5-8-14(23)16-21-15(22-25-16)12-6-3-2-4-7-12/h2-4,6-7,10-11,14H,5,8-9H2,1H3/t14-/m0/s1. The summed E-state index contributed by atoms with van der Waals surface area (Å²) >= 11 is 1.44. The molecule has 1 amide bonds. The maximum atomic E-state index is 12.9. The van der Waals surface area contributed by atoms with Crippen molar-refractivity contribution in [2.75, 3.05) is 12.8 Å². The predicted octanol–water partition coefficient (Wildman–Crippen LogP) is 3.23. The fourth-order valence-electron chi connectivity index (χ4n) is 3.04. The smallest absolute Gasteiger partial charge is 0.257 e. The van der Waals surface area contributed by atoms with Gasteiger partial charge in [-0.2, -0.15) is 4.98 Å². The summed E-state index contributed by atoms with van der Waals surface area (Å²) in [5.41, 5.74) is 1.36. The summed E-state index contributed by atoms with van der Waals surface area (Å²) in [6, 6.07) is 9.43. The van der Waals surface area contributed by atoms with E-state index in [0.29, 0.717) is 29.0 Å². The second-order valence-electron chi connectivity index (χ2n) is 5.94. The van der Waals surface area contributed by atoms with Gasteiger partial charge in [0.05, 0.1) is 5.56 Å². The van der Waals surface area contributed by atoms with Gasteiger partial charge in [-0.1, -0.05) is 47.3 Å². The maximum Gasteiger partial charge on any atom is 0.257 e. The number of rotatable bonds is 4. The first-order valence-corrected chi connectivity index (χ1v) is 9.55. The van der Waals surface area contributed by atoms with Gasteiger partial charge in [0.2, 0.25) is 11.7 Å². The quantitative estimate of drug-likeness (QED) is 0.517.